The molecule has 2 nitrogen and oxygen atoms in total. The monoisotopic (exact) mass is 288 g/mol. The Kier molecular flexibility index (Phi) is 5.32. The summed E-state index contributed by atoms with van der Waals surface area (Å²) in [5.74, 6) is 0. The largest absolute Gasteiger partial charge is 0.371 e. The van der Waals surface area contributed by atoms with Gasteiger partial charge in [0.2, 0.25) is 0 Å². The molecule has 1 aromatic rings. The Labute approximate surface area is 130 Å². The molecular formula is C19H32N2. The zero-order chi connectivity index (χ0) is 15.5. The zero-order valence-corrected chi connectivity index (χ0v) is 14.2. The van der Waals surface area contributed by atoms with Crippen LogP contribution in [0.15, 0.2) is 24.3 Å². The van der Waals surface area contributed by atoms with Crippen LogP contribution >= 0.6 is 0 Å². The quantitative estimate of drug-likeness (QED) is 0.871. The summed E-state index contributed by atoms with van der Waals surface area (Å²) >= 11 is 0. The van der Waals surface area contributed by atoms with Gasteiger partial charge in [-0.2, -0.15) is 0 Å². The van der Waals surface area contributed by atoms with Crippen molar-refractivity contribution in [2.75, 3.05) is 11.9 Å². The van der Waals surface area contributed by atoms with Crippen molar-refractivity contribution < 1.29 is 0 Å². The molecule has 1 saturated carbocycles. The number of anilines is 1. The van der Waals surface area contributed by atoms with E-state index in [1.807, 2.05) is 0 Å². The van der Waals surface area contributed by atoms with Crippen molar-refractivity contribution in [2.24, 2.45) is 11.1 Å². The van der Waals surface area contributed by atoms with Crippen LogP contribution in [-0.2, 0) is 6.42 Å². The third-order valence-corrected chi connectivity index (χ3v) is 5.23. The lowest BCUT2D eigenvalue weighted by molar-refractivity contribution is 0.222. The molecule has 0 radical (unpaired) electrons. The van der Waals surface area contributed by atoms with E-state index in [0.717, 1.165) is 12.8 Å². The number of para-hydroxylation sites is 1. The van der Waals surface area contributed by atoms with Gasteiger partial charge in [0, 0.05) is 24.8 Å². The van der Waals surface area contributed by atoms with Gasteiger partial charge in [0.15, 0.2) is 0 Å². The van der Waals surface area contributed by atoms with Crippen molar-refractivity contribution in [3.8, 4) is 0 Å². The Hall–Kier alpha value is -1.02. The van der Waals surface area contributed by atoms with Crippen LogP contribution in [0.2, 0.25) is 0 Å². The van der Waals surface area contributed by atoms with Gasteiger partial charge in [0.25, 0.3) is 0 Å². The first-order valence-corrected chi connectivity index (χ1v) is 8.49. The molecule has 0 saturated heterocycles. The Bertz CT molecular complexity index is 443. The highest BCUT2D eigenvalue weighted by molar-refractivity contribution is 5.54. The molecule has 1 unspecified atom stereocenters. The summed E-state index contributed by atoms with van der Waals surface area (Å²) in [6, 6.07) is 9.74. The number of nitrogens with zero attached hydrogens (tertiary/aromatic N) is 1. The van der Waals surface area contributed by atoms with Crippen LogP contribution in [0.25, 0.3) is 0 Å². The minimum absolute atomic E-state index is 0.268. The van der Waals surface area contributed by atoms with Crippen LogP contribution in [0.5, 0.6) is 0 Å². The molecule has 21 heavy (non-hydrogen) atoms. The van der Waals surface area contributed by atoms with Crippen LogP contribution in [0, 0.1) is 5.41 Å². The Morgan fingerprint density at radius 3 is 2.48 bits per heavy atom. The SMILES string of the molecule is CCC(N)Cc1ccccc1N(C)C1CCC(C)(C)CC1. The minimum Gasteiger partial charge on any atom is -0.371 e. The van der Waals surface area contributed by atoms with E-state index in [1.54, 1.807) is 0 Å². The molecule has 0 spiro atoms. The van der Waals surface area contributed by atoms with E-state index in [0.29, 0.717) is 11.5 Å². The molecule has 0 bridgehead atoms. The van der Waals surface area contributed by atoms with Gasteiger partial charge in [-0.3, -0.25) is 0 Å². The van der Waals surface area contributed by atoms with E-state index < -0.39 is 0 Å². The van der Waals surface area contributed by atoms with Gasteiger partial charge >= 0.3 is 0 Å². The van der Waals surface area contributed by atoms with Crippen molar-refractivity contribution in [3.05, 3.63) is 29.8 Å². The molecule has 2 rings (SSSR count). The maximum atomic E-state index is 6.17. The van der Waals surface area contributed by atoms with Crippen LogP contribution in [0.3, 0.4) is 0 Å². The fourth-order valence-corrected chi connectivity index (χ4v) is 3.42. The fraction of sp³-hybridized carbons (Fsp3) is 0.684. The minimum atomic E-state index is 0.268. The highest BCUT2D eigenvalue weighted by atomic mass is 15.1. The maximum absolute atomic E-state index is 6.17. The smallest absolute Gasteiger partial charge is 0.0399 e. The van der Waals surface area contributed by atoms with Gasteiger partial charge in [0.1, 0.15) is 0 Å². The molecule has 1 aliphatic rings. The van der Waals surface area contributed by atoms with Gasteiger partial charge in [-0.05, 0) is 55.6 Å². The third kappa shape index (κ3) is 4.23. The predicted molar refractivity (Wildman–Crippen MR) is 92.9 cm³/mol. The standard InChI is InChI=1S/C19H32N2/c1-5-16(20)14-15-8-6-7-9-18(15)21(4)17-10-12-19(2,3)13-11-17/h6-9,16-17H,5,10-14,20H2,1-4H3. The second kappa shape index (κ2) is 6.83. The first kappa shape index (κ1) is 16.4. The van der Waals surface area contributed by atoms with Gasteiger partial charge in [-0.1, -0.05) is 39.0 Å². The normalized spacial score (nSPS) is 20.2. The molecule has 2 heteroatoms. The summed E-state index contributed by atoms with van der Waals surface area (Å²) in [5.41, 5.74) is 9.48. The lowest BCUT2D eigenvalue weighted by Crippen LogP contribution is -2.38. The summed E-state index contributed by atoms with van der Waals surface area (Å²) in [7, 11) is 2.26. The summed E-state index contributed by atoms with van der Waals surface area (Å²) in [5, 5.41) is 0. The first-order chi connectivity index (χ1) is 9.93. The fourth-order valence-electron chi connectivity index (χ4n) is 3.42. The lowest BCUT2D eigenvalue weighted by Gasteiger charge is -2.40. The van der Waals surface area contributed by atoms with Crippen LogP contribution in [0.1, 0.15) is 58.4 Å². The van der Waals surface area contributed by atoms with Crippen molar-refractivity contribution >= 4 is 5.69 Å². The third-order valence-electron chi connectivity index (χ3n) is 5.23. The Morgan fingerprint density at radius 2 is 1.86 bits per heavy atom. The summed E-state index contributed by atoms with van der Waals surface area (Å²) in [6.45, 7) is 6.97. The summed E-state index contributed by atoms with van der Waals surface area (Å²) in [4.78, 5) is 2.51. The van der Waals surface area contributed by atoms with Gasteiger partial charge in [-0.15, -0.1) is 0 Å². The molecule has 0 aliphatic heterocycles. The van der Waals surface area contributed by atoms with Crippen LogP contribution in [-0.4, -0.2) is 19.1 Å². The molecule has 0 amide bonds. The molecule has 118 valence electrons. The highest BCUT2D eigenvalue weighted by Crippen LogP contribution is 2.38. The lowest BCUT2D eigenvalue weighted by atomic mass is 9.75. The van der Waals surface area contributed by atoms with Crippen molar-refractivity contribution in [1.82, 2.24) is 0 Å². The average Bonchev–Trinajstić information content (AvgIpc) is 2.47. The molecular weight excluding hydrogens is 256 g/mol. The number of benzene rings is 1. The Morgan fingerprint density at radius 1 is 1.24 bits per heavy atom. The highest BCUT2D eigenvalue weighted by Gasteiger charge is 2.29. The molecule has 0 heterocycles. The molecule has 1 fully saturated rings. The molecule has 2 N–H and O–H groups in total. The van der Waals surface area contributed by atoms with E-state index in [2.05, 4.69) is 57.0 Å². The second-order valence-corrected chi connectivity index (χ2v) is 7.51. The van der Waals surface area contributed by atoms with Crippen molar-refractivity contribution in [3.63, 3.8) is 0 Å². The van der Waals surface area contributed by atoms with Gasteiger partial charge in [-0.25, -0.2) is 0 Å². The van der Waals surface area contributed by atoms with Crippen molar-refractivity contribution in [2.45, 2.75) is 71.4 Å². The summed E-state index contributed by atoms with van der Waals surface area (Å²) in [6.07, 6.45) is 7.29. The topological polar surface area (TPSA) is 29.3 Å². The summed E-state index contributed by atoms with van der Waals surface area (Å²) < 4.78 is 0. The van der Waals surface area contributed by atoms with Crippen molar-refractivity contribution in [1.29, 1.82) is 0 Å². The Balaban J connectivity index is 2.10. The van der Waals surface area contributed by atoms with E-state index in [9.17, 15) is 0 Å². The van der Waals surface area contributed by atoms with E-state index in [4.69, 9.17) is 5.73 Å². The number of hydrogen-bond donors (Lipinski definition) is 1. The van der Waals surface area contributed by atoms with E-state index >= 15 is 0 Å². The molecule has 1 aliphatic carbocycles. The van der Waals surface area contributed by atoms with E-state index in [-0.39, 0.29) is 6.04 Å². The zero-order valence-electron chi connectivity index (χ0n) is 14.2. The van der Waals surface area contributed by atoms with Crippen LogP contribution in [0.4, 0.5) is 5.69 Å². The van der Waals surface area contributed by atoms with Crippen LogP contribution < -0.4 is 10.6 Å². The molecule has 1 aromatic carbocycles. The average molecular weight is 288 g/mol. The predicted octanol–water partition coefficient (Wildman–Crippen LogP) is 4.37. The van der Waals surface area contributed by atoms with E-state index in [1.165, 1.54) is 36.9 Å². The first-order valence-electron chi connectivity index (χ1n) is 8.49. The second-order valence-electron chi connectivity index (χ2n) is 7.51. The number of hydrogen-bond acceptors (Lipinski definition) is 2. The number of rotatable bonds is 5. The molecule has 0 aromatic heterocycles. The maximum Gasteiger partial charge on any atom is 0.0399 e. The van der Waals surface area contributed by atoms with Gasteiger partial charge in [0.05, 0.1) is 0 Å². The van der Waals surface area contributed by atoms with Gasteiger partial charge < -0.3 is 10.6 Å². The number of nitrogens with two attached hydrogens (primary N) is 1. The molecule has 1 atom stereocenters.